The van der Waals surface area contributed by atoms with Crippen molar-refractivity contribution in [1.29, 1.82) is 0 Å². The van der Waals surface area contributed by atoms with E-state index in [2.05, 4.69) is 35.1 Å². The third-order valence-electron chi connectivity index (χ3n) is 3.52. The summed E-state index contributed by atoms with van der Waals surface area (Å²) in [7, 11) is 0. The zero-order valence-corrected chi connectivity index (χ0v) is 13.8. The second-order valence-electron chi connectivity index (χ2n) is 5.41. The van der Waals surface area contributed by atoms with E-state index < -0.39 is 0 Å². The Morgan fingerprint density at radius 3 is 2.50 bits per heavy atom. The zero-order chi connectivity index (χ0) is 13.0. The van der Waals surface area contributed by atoms with Crippen molar-refractivity contribution in [3.63, 3.8) is 0 Å². The van der Waals surface area contributed by atoms with Gasteiger partial charge in [-0.05, 0) is 18.4 Å². The van der Waals surface area contributed by atoms with Gasteiger partial charge < -0.3 is 11.1 Å². The van der Waals surface area contributed by atoms with Crippen molar-refractivity contribution >= 4 is 30.6 Å². The van der Waals surface area contributed by atoms with Gasteiger partial charge in [0.1, 0.15) is 5.82 Å². The fourth-order valence-corrected chi connectivity index (χ4v) is 2.62. The third kappa shape index (κ3) is 5.09. The van der Waals surface area contributed by atoms with Gasteiger partial charge in [0.2, 0.25) is 0 Å². The van der Waals surface area contributed by atoms with Gasteiger partial charge in [-0.2, -0.15) is 0 Å². The molecule has 1 atom stereocenters. The molecular weight excluding hydrogens is 295 g/mol. The first-order valence-electron chi connectivity index (χ1n) is 6.83. The van der Waals surface area contributed by atoms with Crippen LogP contribution in [-0.2, 0) is 0 Å². The number of nitrogens with two attached hydrogens (primary N) is 1. The molecule has 4 nitrogen and oxygen atoms in total. The number of pyridine rings is 1. The standard InChI is InChI=1S/C14H24N4.2ClH/c1-11(2)10-13(18-8-6-16-7-9-18)12-4-3-5-17-14(12)15;;/h3-5,11,13,16H,6-10H2,1-2H3,(H2,15,17);2*1H/t13-;;/m0../s1. The molecule has 2 rings (SSSR count). The fraction of sp³-hybridized carbons (Fsp3) is 0.643. The average molecular weight is 321 g/mol. The fourth-order valence-electron chi connectivity index (χ4n) is 2.62. The van der Waals surface area contributed by atoms with Crippen LogP contribution in [0.25, 0.3) is 0 Å². The number of anilines is 1. The average Bonchev–Trinajstić information content (AvgIpc) is 2.38. The highest BCUT2D eigenvalue weighted by atomic mass is 35.5. The molecule has 0 aliphatic carbocycles. The third-order valence-corrected chi connectivity index (χ3v) is 3.52. The minimum absolute atomic E-state index is 0. The number of halogens is 2. The summed E-state index contributed by atoms with van der Waals surface area (Å²) < 4.78 is 0. The van der Waals surface area contributed by atoms with Crippen molar-refractivity contribution in [3.8, 4) is 0 Å². The molecular formula is C14H26Cl2N4. The lowest BCUT2D eigenvalue weighted by Crippen LogP contribution is -2.45. The van der Waals surface area contributed by atoms with Crippen molar-refractivity contribution in [1.82, 2.24) is 15.2 Å². The van der Waals surface area contributed by atoms with Gasteiger partial charge in [-0.25, -0.2) is 4.98 Å². The Morgan fingerprint density at radius 2 is 1.95 bits per heavy atom. The highest BCUT2D eigenvalue weighted by Crippen LogP contribution is 2.30. The van der Waals surface area contributed by atoms with Gasteiger partial charge in [0.15, 0.2) is 0 Å². The smallest absolute Gasteiger partial charge is 0.128 e. The number of piperazine rings is 1. The number of aromatic nitrogens is 1. The summed E-state index contributed by atoms with van der Waals surface area (Å²) in [6.45, 7) is 8.84. The Labute approximate surface area is 134 Å². The molecule has 0 unspecified atom stereocenters. The van der Waals surface area contributed by atoms with E-state index >= 15 is 0 Å². The number of nitrogens with zero attached hydrogens (tertiary/aromatic N) is 2. The van der Waals surface area contributed by atoms with E-state index in [9.17, 15) is 0 Å². The summed E-state index contributed by atoms with van der Waals surface area (Å²) in [6, 6.07) is 4.51. The Kier molecular flexibility index (Phi) is 9.14. The molecule has 1 aliphatic rings. The maximum absolute atomic E-state index is 6.05. The molecule has 0 radical (unpaired) electrons. The summed E-state index contributed by atoms with van der Waals surface area (Å²) in [5.41, 5.74) is 7.24. The topological polar surface area (TPSA) is 54.2 Å². The molecule has 20 heavy (non-hydrogen) atoms. The number of rotatable bonds is 4. The van der Waals surface area contributed by atoms with Crippen molar-refractivity contribution in [2.24, 2.45) is 5.92 Å². The van der Waals surface area contributed by atoms with E-state index in [4.69, 9.17) is 5.73 Å². The molecule has 1 fully saturated rings. The second kappa shape index (κ2) is 9.40. The Hall–Kier alpha value is -0.550. The SMILES string of the molecule is CC(C)C[C@@H](c1cccnc1N)N1CCNCC1.Cl.Cl. The van der Waals surface area contributed by atoms with Gasteiger partial charge in [0, 0.05) is 44.0 Å². The molecule has 6 heteroatoms. The molecule has 0 bridgehead atoms. The maximum atomic E-state index is 6.05. The Bertz CT molecular complexity index is 381. The van der Waals surface area contributed by atoms with Gasteiger partial charge in [-0.15, -0.1) is 24.8 Å². The first-order chi connectivity index (χ1) is 8.68. The summed E-state index contributed by atoms with van der Waals surface area (Å²) >= 11 is 0. The molecule has 1 aromatic heterocycles. The van der Waals surface area contributed by atoms with Crippen LogP contribution in [0, 0.1) is 5.92 Å². The van der Waals surface area contributed by atoms with E-state index in [0.29, 0.717) is 17.8 Å². The van der Waals surface area contributed by atoms with Gasteiger partial charge in [-0.1, -0.05) is 19.9 Å². The highest BCUT2D eigenvalue weighted by molar-refractivity contribution is 5.85. The van der Waals surface area contributed by atoms with Gasteiger partial charge in [0.25, 0.3) is 0 Å². The number of nitrogen functional groups attached to an aromatic ring is 1. The van der Waals surface area contributed by atoms with Crippen molar-refractivity contribution in [2.75, 3.05) is 31.9 Å². The van der Waals surface area contributed by atoms with Crippen LogP contribution in [0.5, 0.6) is 0 Å². The minimum atomic E-state index is 0. The molecule has 1 aromatic rings. The quantitative estimate of drug-likeness (QED) is 0.895. The summed E-state index contributed by atoms with van der Waals surface area (Å²) in [5, 5.41) is 3.40. The molecule has 1 aliphatic heterocycles. The van der Waals surface area contributed by atoms with Gasteiger partial charge >= 0.3 is 0 Å². The van der Waals surface area contributed by atoms with Crippen LogP contribution in [0.2, 0.25) is 0 Å². The minimum Gasteiger partial charge on any atom is -0.383 e. The molecule has 0 amide bonds. The largest absolute Gasteiger partial charge is 0.383 e. The maximum Gasteiger partial charge on any atom is 0.128 e. The molecule has 0 spiro atoms. The number of hydrogen-bond acceptors (Lipinski definition) is 4. The van der Waals surface area contributed by atoms with Gasteiger partial charge in [0.05, 0.1) is 0 Å². The van der Waals surface area contributed by atoms with E-state index in [-0.39, 0.29) is 24.8 Å². The van der Waals surface area contributed by atoms with Crippen LogP contribution in [0.4, 0.5) is 5.82 Å². The van der Waals surface area contributed by atoms with Crippen LogP contribution in [-0.4, -0.2) is 36.1 Å². The Morgan fingerprint density at radius 1 is 1.30 bits per heavy atom. The molecule has 116 valence electrons. The second-order valence-corrected chi connectivity index (χ2v) is 5.41. The summed E-state index contributed by atoms with van der Waals surface area (Å²) in [6.07, 6.45) is 2.90. The van der Waals surface area contributed by atoms with Crippen LogP contribution in [0.1, 0.15) is 31.9 Å². The molecule has 3 N–H and O–H groups in total. The summed E-state index contributed by atoms with van der Waals surface area (Å²) in [4.78, 5) is 6.77. The Balaban J connectivity index is 0.00000180. The predicted molar refractivity (Wildman–Crippen MR) is 89.8 cm³/mol. The first kappa shape index (κ1) is 19.4. The van der Waals surface area contributed by atoms with Crippen LogP contribution >= 0.6 is 24.8 Å². The predicted octanol–water partition coefficient (Wildman–Crippen LogP) is 2.50. The molecule has 2 heterocycles. The molecule has 0 aromatic carbocycles. The van der Waals surface area contributed by atoms with Crippen molar-refractivity contribution < 1.29 is 0 Å². The van der Waals surface area contributed by atoms with Crippen LogP contribution in [0.3, 0.4) is 0 Å². The number of hydrogen-bond donors (Lipinski definition) is 2. The monoisotopic (exact) mass is 320 g/mol. The number of nitrogens with one attached hydrogen (secondary N) is 1. The lowest BCUT2D eigenvalue weighted by Gasteiger charge is -2.36. The van der Waals surface area contributed by atoms with E-state index in [1.54, 1.807) is 6.20 Å². The van der Waals surface area contributed by atoms with Crippen molar-refractivity contribution in [2.45, 2.75) is 26.3 Å². The summed E-state index contributed by atoms with van der Waals surface area (Å²) in [5.74, 6) is 1.34. The highest BCUT2D eigenvalue weighted by Gasteiger charge is 2.24. The normalized spacial score (nSPS) is 17.1. The van der Waals surface area contributed by atoms with Crippen LogP contribution < -0.4 is 11.1 Å². The lowest BCUT2D eigenvalue weighted by atomic mass is 9.95. The van der Waals surface area contributed by atoms with E-state index in [0.717, 1.165) is 32.6 Å². The van der Waals surface area contributed by atoms with E-state index in [1.807, 2.05) is 6.07 Å². The molecule has 1 saturated heterocycles. The van der Waals surface area contributed by atoms with Crippen LogP contribution in [0.15, 0.2) is 18.3 Å². The van der Waals surface area contributed by atoms with E-state index in [1.165, 1.54) is 5.56 Å². The zero-order valence-electron chi connectivity index (χ0n) is 12.2. The van der Waals surface area contributed by atoms with Gasteiger partial charge in [-0.3, -0.25) is 4.90 Å². The lowest BCUT2D eigenvalue weighted by molar-refractivity contribution is 0.154. The first-order valence-corrected chi connectivity index (χ1v) is 6.83. The van der Waals surface area contributed by atoms with Crippen molar-refractivity contribution in [3.05, 3.63) is 23.9 Å². The molecule has 0 saturated carbocycles.